The lowest BCUT2D eigenvalue weighted by molar-refractivity contribution is 0.378. The Morgan fingerprint density at radius 1 is 1.24 bits per heavy atom. The molecular weight excluding hydrogens is 386 g/mol. The van der Waals surface area contributed by atoms with Crippen molar-refractivity contribution in [2.75, 3.05) is 17.7 Å². The molecule has 2 aromatic carbocycles. The van der Waals surface area contributed by atoms with Gasteiger partial charge in [-0.25, -0.2) is 15.8 Å². The molecule has 1 unspecified atom stereocenters. The van der Waals surface area contributed by atoms with E-state index >= 15 is 0 Å². The van der Waals surface area contributed by atoms with Crippen LogP contribution in [0.1, 0.15) is 24.4 Å². The first-order chi connectivity index (χ1) is 14.1. The van der Waals surface area contributed by atoms with Crippen LogP contribution >= 0.6 is 11.6 Å². The zero-order chi connectivity index (χ0) is 20.4. The molecule has 1 aliphatic carbocycles. The number of nitrogens with one attached hydrogen (secondary N) is 2. The average molecular weight is 410 g/mol. The van der Waals surface area contributed by atoms with Crippen LogP contribution in [0.25, 0.3) is 10.9 Å². The van der Waals surface area contributed by atoms with Crippen molar-refractivity contribution in [3.8, 4) is 0 Å². The predicted molar refractivity (Wildman–Crippen MR) is 118 cm³/mol. The molecule has 0 aliphatic heterocycles. The number of hydrazine groups is 1. The number of benzene rings is 2. The van der Waals surface area contributed by atoms with E-state index in [0.717, 1.165) is 40.8 Å². The first-order valence-corrected chi connectivity index (χ1v) is 9.88. The van der Waals surface area contributed by atoms with E-state index in [1.807, 2.05) is 49.5 Å². The molecule has 6 N–H and O–H groups in total. The van der Waals surface area contributed by atoms with E-state index in [1.54, 1.807) is 17.5 Å². The van der Waals surface area contributed by atoms with E-state index in [4.69, 9.17) is 23.2 Å². The van der Waals surface area contributed by atoms with Gasteiger partial charge in [0.25, 0.3) is 0 Å². The molecule has 1 fully saturated rings. The van der Waals surface area contributed by atoms with Crippen LogP contribution in [0.5, 0.6) is 0 Å². The summed E-state index contributed by atoms with van der Waals surface area (Å²) in [6, 6.07) is 13.6. The van der Waals surface area contributed by atoms with Gasteiger partial charge in [-0.3, -0.25) is 0 Å². The number of anilines is 2. The highest BCUT2D eigenvalue weighted by molar-refractivity contribution is 6.31. The lowest BCUT2D eigenvalue weighted by atomic mass is 10.0. The van der Waals surface area contributed by atoms with Gasteiger partial charge in [-0.2, -0.15) is 0 Å². The molecule has 1 atom stereocenters. The number of halogens is 1. The predicted octanol–water partition coefficient (Wildman–Crippen LogP) is 3.62. The van der Waals surface area contributed by atoms with Gasteiger partial charge in [0.1, 0.15) is 12.1 Å². The largest absolute Gasteiger partial charge is 0.399 e. The third kappa shape index (κ3) is 4.21. The molecule has 1 heterocycles. The zero-order valence-electron chi connectivity index (χ0n) is 16.1. The van der Waals surface area contributed by atoms with Gasteiger partial charge in [0.15, 0.2) is 0 Å². The van der Waals surface area contributed by atoms with E-state index in [-0.39, 0.29) is 6.04 Å². The van der Waals surface area contributed by atoms with Crippen LogP contribution in [0.3, 0.4) is 0 Å². The molecule has 0 spiro atoms. The molecule has 29 heavy (non-hydrogen) atoms. The number of rotatable bonds is 7. The Balaban J connectivity index is 1.72. The zero-order valence-corrected chi connectivity index (χ0v) is 16.9. The number of nitrogens with two attached hydrogens (primary N) is 2. The molecule has 4 rings (SSSR count). The highest BCUT2D eigenvalue weighted by Gasteiger charge is 2.26. The lowest BCUT2D eigenvalue weighted by Gasteiger charge is -2.24. The lowest BCUT2D eigenvalue weighted by Crippen LogP contribution is -2.30. The molecule has 7 nitrogen and oxygen atoms in total. The van der Waals surface area contributed by atoms with E-state index in [1.165, 1.54) is 0 Å². The van der Waals surface area contributed by atoms with Crippen molar-refractivity contribution in [2.45, 2.75) is 24.9 Å². The molecule has 150 valence electrons. The monoisotopic (exact) mass is 409 g/mol. The Labute approximate surface area is 174 Å². The van der Waals surface area contributed by atoms with Crippen LogP contribution < -0.4 is 22.2 Å². The summed E-state index contributed by atoms with van der Waals surface area (Å²) in [5, 5.41) is 9.84. The molecule has 1 saturated carbocycles. The summed E-state index contributed by atoms with van der Waals surface area (Å²) < 4.78 is 0. The number of aromatic nitrogens is 2. The fourth-order valence-corrected chi connectivity index (χ4v) is 3.53. The normalized spacial score (nSPS) is 15.2. The average Bonchev–Trinajstić information content (AvgIpc) is 3.57. The summed E-state index contributed by atoms with van der Waals surface area (Å²) in [6.07, 6.45) is 5.51. The Hall–Kier alpha value is -3.03. The minimum absolute atomic E-state index is 0.339. The van der Waals surface area contributed by atoms with Gasteiger partial charge < -0.3 is 21.4 Å². The molecule has 0 bridgehead atoms. The van der Waals surface area contributed by atoms with E-state index in [2.05, 4.69) is 20.6 Å². The van der Waals surface area contributed by atoms with Crippen molar-refractivity contribution in [2.24, 2.45) is 11.6 Å². The van der Waals surface area contributed by atoms with Gasteiger partial charge in [0.05, 0.1) is 17.3 Å². The van der Waals surface area contributed by atoms with Crippen LogP contribution in [0.4, 0.5) is 11.5 Å². The van der Waals surface area contributed by atoms with Crippen LogP contribution in [0, 0.1) is 0 Å². The van der Waals surface area contributed by atoms with Crippen molar-refractivity contribution >= 4 is 34.0 Å². The SMILES string of the molecule is CNc1ncnc2ccc(NC(/C(N)=C/N(N)C3CC3)c3ccccc3Cl)cc12. The number of hydrogen-bond donors (Lipinski definition) is 4. The molecule has 0 saturated heterocycles. The summed E-state index contributed by atoms with van der Waals surface area (Å²) in [5.41, 5.74) is 9.68. The van der Waals surface area contributed by atoms with Crippen LogP contribution in [-0.2, 0) is 0 Å². The van der Waals surface area contributed by atoms with Gasteiger partial charge in [0, 0.05) is 35.4 Å². The molecule has 8 heteroatoms. The molecule has 0 amide bonds. The fraction of sp³-hybridized carbons (Fsp3) is 0.238. The Bertz CT molecular complexity index is 1050. The van der Waals surface area contributed by atoms with Crippen molar-refractivity contribution in [3.05, 3.63) is 71.3 Å². The third-order valence-corrected chi connectivity index (χ3v) is 5.34. The van der Waals surface area contributed by atoms with Crippen molar-refractivity contribution in [1.29, 1.82) is 0 Å². The van der Waals surface area contributed by atoms with Gasteiger partial charge >= 0.3 is 0 Å². The van der Waals surface area contributed by atoms with Gasteiger partial charge in [0.2, 0.25) is 0 Å². The van der Waals surface area contributed by atoms with Crippen molar-refractivity contribution in [3.63, 3.8) is 0 Å². The fourth-order valence-electron chi connectivity index (χ4n) is 3.29. The summed E-state index contributed by atoms with van der Waals surface area (Å²) >= 11 is 6.49. The third-order valence-electron chi connectivity index (χ3n) is 5.00. The Morgan fingerprint density at radius 3 is 2.76 bits per heavy atom. The standard InChI is InChI=1S/C21H24ClN7/c1-25-21-16-10-13(6-9-19(16)26-12-27-21)28-20(15-4-2-3-5-17(15)22)18(23)11-29(24)14-7-8-14/h2-6,9-12,14,20,28H,7-8,23-24H2,1H3,(H,25,26,27)/b18-11-. The summed E-state index contributed by atoms with van der Waals surface area (Å²) in [4.78, 5) is 8.61. The van der Waals surface area contributed by atoms with Gasteiger partial charge in [-0.15, -0.1) is 0 Å². The molecule has 1 aliphatic rings. The summed E-state index contributed by atoms with van der Waals surface area (Å²) in [6.45, 7) is 0. The van der Waals surface area contributed by atoms with E-state index in [0.29, 0.717) is 16.8 Å². The second-order valence-electron chi connectivity index (χ2n) is 7.11. The molecule has 0 radical (unpaired) electrons. The van der Waals surface area contributed by atoms with Crippen LogP contribution in [0.2, 0.25) is 5.02 Å². The minimum Gasteiger partial charge on any atom is -0.399 e. The quantitative estimate of drug-likeness (QED) is 0.349. The minimum atomic E-state index is -0.339. The first kappa shape index (κ1) is 19.3. The maximum absolute atomic E-state index is 6.49. The second kappa shape index (κ2) is 8.14. The van der Waals surface area contributed by atoms with Gasteiger partial charge in [-0.05, 0) is 42.7 Å². The highest BCUT2D eigenvalue weighted by Crippen LogP contribution is 2.32. The molecular formula is C21H24ClN7. The Morgan fingerprint density at radius 2 is 2.03 bits per heavy atom. The first-order valence-electron chi connectivity index (χ1n) is 9.50. The molecule has 3 aromatic rings. The van der Waals surface area contributed by atoms with Crippen molar-refractivity contribution < 1.29 is 0 Å². The van der Waals surface area contributed by atoms with E-state index in [9.17, 15) is 0 Å². The Kier molecular flexibility index (Phi) is 5.42. The smallest absolute Gasteiger partial charge is 0.137 e. The topological polar surface area (TPSA) is 105 Å². The highest BCUT2D eigenvalue weighted by atomic mass is 35.5. The maximum atomic E-state index is 6.49. The summed E-state index contributed by atoms with van der Waals surface area (Å²) in [7, 11) is 1.84. The second-order valence-corrected chi connectivity index (χ2v) is 7.52. The number of hydrogen-bond acceptors (Lipinski definition) is 7. The summed E-state index contributed by atoms with van der Waals surface area (Å²) in [5.74, 6) is 6.89. The van der Waals surface area contributed by atoms with Crippen LogP contribution in [0.15, 0.2) is 60.7 Å². The van der Waals surface area contributed by atoms with Gasteiger partial charge in [-0.1, -0.05) is 29.8 Å². The van der Waals surface area contributed by atoms with E-state index < -0.39 is 0 Å². The number of nitrogens with zero attached hydrogens (tertiary/aromatic N) is 3. The van der Waals surface area contributed by atoms with Crippen molar-refractivity contribution in [1.82, 2.24) is 15.0 Å². The van der Waals surface area contributed by atoms with Crippen LogP contribution in [-0.4, -0.2) is 28.1 Å². The maximum Gasteiger partial charge on any atom is 0.137 e. The molecule has 1 aromatic heterocycles. The number of fused-ring (bicyclic) bond motifs is 1.